The maximum absolute atomic E-state index is 12.0. The third-order valence-electron chi connectivity index (χ3n) is 3.29. The van der Waals surface area contributed by atoms with Crippen LogP contribution < -0.4 is 11.0 Å². The summed E-state index contributed by atoms with van der Waals surface area (Å²) in [7, 11) is 0. The zero-order valence-corrected chi connectivity index (χ0v) is 13.7. The van der Waals surface area contributed by atoms with Crippen molar-refractivity contribution in [2.75, 3.05) is 5.43 Å². The van der Waals surface area contributed by atoms with Crippen LogP contribution in [-0.4, -0.2) is 21.0 Å². The van der Waals surface area contributed by atoms with E-state index in [0.717, 1.165) is 11.3 Å². The van der Waals surface area contributed by atoms with Crippen LogP contribution in [-0.2, 0) is 0 Å². The number of nitrogens with one attached hydrogen (secondary N) is 1. The molecular weight excluding hydrogens is 362 g/mol. The van der Waals surface area contributed by atoms with Crippen molar-refractivity contribution < 1.29 is 9.85 Å². The molecule has 0 aliphatic carbocycles. The Hall–Kier alpha value is -3.73. The zero-order chi connectivity index (χ0) is 18.7. The Morgan fingerprint density at radius 3 is 2.35 bits per heavy atom. The molecule has 26 heavy (non-hydrogen) atoms. The minimum absolute atomic E-state index is 0.0291. The molecule has 1 N–H and O–H groups in total. The molecule has 0 saturated carbocycles. The van der Waals surface area contributed by atoms with E-state index in [1.54, 1.807) is 0 Å². The second-order valence-corrected chi connectivity index (χ2v) is 6.01. The van der Waals surface area contributed by atoms with Gasteiger partial charge < -0.3 is 0 Å². The molecule has 0 aliphatic heterocycles. The van der Waals surface area contributed by atoms with E-state index >= 15 is 0 Å². The van der Waals surface area contributed by atoms with Gasteiger partial charge in [0.1, 0.15) is 0 Å². The molecule has 11 heteroatoms. The van der Waals surface area contributed by atoms with Gasteiger partial charge in [-0.3, -0.25) is 30.4 Å². The molecule has 1 aromatic heterocycles. The number of nitrogens with zero attached hydrogens (tertiary/aromatic N) is 4. The average molecular weight is 371 g/mol. The highest BCUT2D eigenvalue weighted by atomic mass is 32.1. The monoisotopic (exact) mass is 371 g/mol. The minimum Gasteiger partial charge on any atom is -0.267 e. The first-order valence-corrected chi connectivity index (χ1v) is 7.88. The van der Waals surface area contributed by atoms with E-state index < -0.39 is 15.4 Å². The van der Waals surface area contributed by atoms with E-state index in [0.29, 0.717) is 10.3 Å². The summed E-state index contributed by atoms with van der Waals surface area (Å²) in [6, 6.07) is 9.72. The van der Waals surface area contributed by atoms with Gasteiger partial charge >= 0.3 is 0 Å². The molecule has 0 bridgehead atoms. The molecule has 0 amide bonds. The van der Waals surface area contributed by atoms with Crippen molar-refractivity contribution in [3.63, 3.8) is 0 Å². The lowest BCUT2D eigenvalue weighted by Crippen LogP contribution is -2.07. The van der Waals surface area contributed by atoms with E-state index in [-0.39, 0.29) is 21.9 Å². The standard InChI is InChI=1S/C15H9N5O5S/c21-14-12-7-11(20(24)25)5-6-13(12)26-15(17-14)18-16-8-9-1-3-10(4-2-9)19(22)23/h1-8H,(H,17,18,21). The van der Waals surface area contributed by atoms with Gasteiger partial charge in [0.25, 0.3) is 16.9 Å². The molecule has 0 atom stereocenters. The van der Waals surface area contributed by atoms with Crippen molar-refractivity contribution in [1.29, 1.82) is 0 Å². The first-order valence-electron chi connectivity index (χ1n) is 7.07. The Morgan fingerprint density at radius 1 is 1.04 bits per heavy atom. The number of hydrogen-bond donors (Lipinski definition) is 1. The van der Waals surface area contributed by atoms with Crippen LogP contribution in [0.4, 0.5) is 16.5 Å². The number of nitro benzene ring substituents is 2. The number of aromatic nitrogens is 1. The second-order valence-electron chi connectivity index (χ2n) is 4.98. The van der Waals surface area contributed by atoms with Crippen molar-refractivity contribution >= 4 is 44.1 Å². The van der Waals surface area contributed by atoms with Crippen molar-refractivity contribution in [2.45, 2.75) is 0 Å². The summed E-state index contributed by atoms with van der Waals surface area (Å²) < 4.78 is 0.531. The Balaban J connectivity index is 1.80. The van der Waals surface area contributed by atoms with E-state index in [1.807, 2.05) is 0 Å². The smallest absolute Gasteiger partial charge is 0.267 e. The van der Waals surface area contributed by atoms with E-state index in [4.69, 9.17) is 0 Å². The fourth-order valence-electron chi connectivity index (χ4n) is 2.06. The van der Waals surface area contributed by atoms with Gasteiger partial charge in [-0.15, -0.1) is 0 Å². The Kier molecular flexibility index (Phi) is 4.62. The first-order chi connectivity index (χ1) is 12.4. The van der Waals surface area contributed by atoms with Crippen LogP contribution >= 0.6 is 11.3 Å². The zero-order valence-electron chi connectivity index (χ0n) is 12.9. The van der Waals surface area contributed by atoms with Crippen molar-refractivity contribution in [1.82, 2.24) is 4.98 Å². The topological polar surface area (TPSA) is 141 Å². The highest BCUT2D eigenvalue weighted by molar-refractivity contribution is 7.21. The molecule has 130 valence electrons. The number of fused-ring (bicyclic) bond motifs is 1. The average Bonchev–Trinajstić information content (AvgIpc) is 2.62. The number of hydrogen-bond acceptors (Lipinski definition) is 9. The molecule has 0 spiro atoms. The maximum Gasteiger partial charge on any atom is 0.281 e. The Labute approximate surface area is 148 Å². The fourth-order valence-corrected chi connectivity index (χ4v) is 2.89. The summed E-state index contributed by atoms with van der Waals surface area (Å²) in [6.07, 6.45) is 1.42. The maximum atomic E-state index is 12.0. The normalized spacial score (nSPS) is 10.9. The Morgan fingerprint density at radius 2 is 1.69 bits per heavy atom. The molecule has 1 heterocycles. The highest BCUT2D eigenvalue weighted by Gasteiger charge is 2.10. The van der Waals surface area contributed by atoms with Crippen molar-refractivity contribution in [3.05, 3.63) is 78.6 Å². The number of nitro groups is 2. The van der Waals surface area contributed by atoms with Gasteiger partial charge in [0.15, 0.2) is 0 Å². The lowest BCUT2D eigenvalue weighted by atomic mass is 10.2. The van der Waals surface area contributed by atoms with E-state index in [1.165, 1.54) is 48.7 Å². The molecule has 0 saturated heterocycles. The number of hydrazone groups is 1. The summed E-state index contributed by atoms with van der Waals surface area (Å²) in [4.78, 5) is 36.1. The molecule has 0 radical (unpaired) electrons. The van der Waals surface area contributed by atoms with Crippen molar-refractivity contribution in [2.24, 2.45) is 5.10 Å². The van der Waals surface area contributed by atoms with Crippen molar-refractivity contribution in [3.8, 4) is 0 Å². The molecule has 10 nitrogen and oxygen atoms in total. The number of anilines is 1. The van der Waals surface area contributed by atoms with Crippen LogP contribution in [0.15, 0.2) is 52.4 Å². The van der Waals surface area contributed by atoms with Gasteiger partial charge in [-0.05, 0) is 23.8 Å². The van der Waals surface area contributed by atoms with Gasteiger partial charge in [0.2, 0.25) is 5.13 Å². The summed E-state index contributed by atoms with van der Waals surface area (Å²) in [5, 5.41) is 25.7. The van der Waals surface area contributed by atoms with Crippen LogP contribution in [0.5, 0.6) is 0 Å². The fraction of sp³-hybridized carbons (Fsp3) is 0. The largest absolute Gasteiger partial charge is 0.281 e. The summed E-state index contributed by atoms with van der Waals surface area (Å²) in [6.45, 7) is 0. The van der Waals surface area contributed by atoms with Gasteiger partial charge in [0.05, 0.1) is 21.4 Å². The third-order valence-corrected chi connectivity index (χ3v) is 4.24. The highest BCUT2D eigenvalue weighted by Crippen LogP contribution is 2.24. The first kappa shape index (κ1) is 17.1. The summed E-state index contributed by atoms with van der Waals surface area (Å²) in [5.41, 5.74) is 2.42. The molecule has 3 aromatic rings. The van der Waals surface area contributed by atoms with Gasteiger partial charge in [-0.1, -0.05) is 11.3 Å². The van der Waals surface area contributed by atoms with Crippen LogP contribution in [0, 0.1) is 20.2 Å². The van der Waals surface area contributed by atoms with Crippen LogP contribution in [0.1, 0.15) is 5.56 Å². The van der Waals surface area contributed by atoms with Crippen LogP contribution in [0.3, 0.4) is 0 Å². The van der Waals surface area contributed by atoms with E-state index in [9.17, 15) is 25.0 Å². The number of non-ortho nitro benzene ring substituents is 2. The third kappa shape index (κ3) is 3.67. The van der Waals surface area contributed by atoms with E-state index in [2.05, 4.69) is 15.5 Å². The van der Waals surface area contributed by atoms with Crippen LogP contribution in [0.2, 0.25) is 0 Å². The number of rotatable bonds is 5. The Bertz CT molecular complexity index is 1090. The van der Waals surface area contributed by atoms with Gasteiger partial charge in [-0.25, -0.2) is 0 Å². The molecule has 3 rings (SSSR count). The number of benzene rings is 2. The summed E-state index contributed by atoms with van der Waals surface area (Å²) in [5.74, 6) is 0. The summed E-state index contributed by atoms with van der Waals surface area (Å²) >= 11 is 1.12. The lowest BCUT2D eigenvalue weighted by Gasteiger charge is -2.00. The second kappa shape index (κ2) is 7.03. The molecule has 2 aromatic carbocycles. The van der Waals surface area contributed by atoms with Gasteiger partial charge in [-0.2, -0.15) is 10.1 Å². The predicted octanol–water partition coefficient (Wildman–Crippen LogP) is 2.92. The van der Waals surface area contributed by atoms with Gasteiger partial charge in [0, 0.05) is 29.0 Å². The predicted molar refractivity (Wildman–Crippen MR) is 96.9 cm³/mol. The SMILES string of the molecule is O=c1nc(NN=Cc2ccc([N+](=O)[O-])cc2)sc2ccc([N+](=O)[O-])cc12. The molecule has 0 unspecified atom stereocenters. The van der Waals surface area contributed by atoms with Crippen LogP contribution in [0.25, 0.3) is 10.1 Å². The molecule has 0 aliphatic rings. The quantitative estimate of drug-likeness (QED) is 0.413. The molecule has 0 fully saturated rings. The molecular formula is C15H9N5O5S. The lowest BCUT2D eigenvalue weighted by molar-refractivity contribution is -0.385. The minimum atomic E-state index is -0.601.